The smallest absolute Gasteiger partial charge is 0.310 e. The third-order valence-corrected chi connectivity index (χ3v) is 1.31. The van der Waals surface area contributed by atoms with Crippen molar-refractivity contribution in [3.05, 3.63) is 27.9 Å². The summed E-state index contributed by atoms with van der Waals surface area (Å²) in [5, 5.41) is 0. The minimum Gasteiger partial charge on any atom is -0.310 e. The number of aryl methyl sites for hydroxylation is 1. The molecule has 1 heterocycles. The monoisotopic (exact) mass is 183 g/mol. The first-order chi connectivity index (χ1) is 6.13. The molecule has 0 saturated carbocycles. The summed E-state index contributed by atoms with van der Waals surface area (Å²) in [5.74, 6) is -0.545. The highest BCUT2D eigenvalue weighted by atomic mass is 16.6. The fourth-order valence-corrected chi connectivity index (χ4v) is 0.841. The number of hydrogen-bond acceptors (Lipinski definition) is 4. The highest BCUT2D eigenvalue weighted by Gasteiger charge is 2.07. The van der Waals surface area contributed by atoms with Crippen LogP contribution in [0.15, 0.2) is 10.9 Å². The van der Waals surface area contributed by atoms with E-state index in [1.165, 1.54) is 13.2 Å². The molecule has 0 aliphatic heterocycles. The molecule has 0 bridgehead atoms. The Morgan fingerprint density at radius 2 is 2.38 bits per heavy atom. The van der Waals surface area contributed by atoms with Gasteiger partial charge in [-0.3, -0.25) is 9.63 Å². The molecule has 2 N–H and O–H groups in total. The third kappa shape index (κ3) is 2.38. The number of carbonyl (C=O) groups is 1. The quantitative estimate of drug-likeness (QED) is 0.598. The van der Waals surface area contributed by atoms with E-state index in [0.717, 1.165) is 0 Å². The zero-order valence-corrected chi connectivity index (χ0v) is 7.25. The maximum absolute atomic E-state index is 11.1. The second-order valence-corrected chi connectivity index (χ2v) is 2.39. The average Bonchev–Trinajstić information content (AvgIpc) is 2.03. The van der Waals surface area contributed by atoms with Crippen LogP contribution in [0, 0.1) is 6.92 Å². The van der Waals surface area contributed by atoms with Crippen molar-refractivity contribution in [2.24, 2.45) is 0 Å². The number of rotatable bonds is 2. The van der Waals surface area contributed by atoms with Crippen molar-refractivity contribution in [2.45, 2.75) is 6.92 Å². The van der Waals surface area contributed by atoms with Gasteiger partial charge in [0.25, 0.3) is 5.91 Å². The van der Waals surface area contributed by atoms with Crippen LogP contribution in [0.2, 0.25) is 0 Å². The summed E-state index contributed by atoms with van der Waals surface area (Å²) >= 11 is 0. The summed E-state index contributed by atoms with van der Waals surface area (Å²) in [7, 11) is 1.30. The zero-order chi connectivity index (χ0) is 9.84. The largest absolute Gasteiger partial charge is 0.345 e. The van der Waals surface area contributed by atoms with Gasteiger partial charge in [-0.25, -0.2) is 10.3 Å². The fraction of sp³-hybridized carbons (Fsp3) is 0.286. The van der Waals surface area contributed by atoms with Crippen LogP contribution >= 0.6 is 0 Å². The molecule has 0 atom stereocenters. The predicted molar refractivity (Wildman–Crippen MR) is 44.1 cm³/mol. The summed E-state index contributed by atoms with van der Waals surface area (Å²) < 4.78 is 0. The van der Waals surface area contributed by atoms with Crippen LogP contribution in [-0.2, 0) is 4.84 Å². The molecule has 13 heavy (non-hydrogen) atoms. The Labute approximate surface area is 73.9 Å². The Morgan fingerprint density at radius 1 is 1.69 bits per heavy atom. The van der Waals surface area contributed by atoms with Gasteiger partial charge < -0.3 is 4.98 Å². The van der Waals surface area contributed by atoms with Crippen molar-refractivity contribution in [3.8, 4) is 0 Å². The molecule has 1 aromatic rings. The second kappa shape index (κ2) is 3.81. The fourth-order valence-electron chi connectivity index (χ4n) is 0.841. The molecule has 0 aromatic carbocycles. The first-order valence-electron chi connectivity index (χ1n) is 3.55. The van der Waals surface area contributed by atoms with Gasteiger partial charge in [0, 0.05) is 5.69 Å². The van der Waals surface area contributed by atoms with Crippen molar-refractivity contribution >= 4 is 5.91 Å². The Kier molecular flexibility index (Phi) is 2.76. The normalized spacial score (nSPS) is 9.69. The van der Waals surface area contributed by atoms with Gasteiger partial charge in [0.05, 0.1) is 7.11 Å². The molecule has 6 heteroatoms. The molecular weight excluding hydrogens is 174 g/mol. The summed E-state index contributed by atoms with van der Waals surface area (Å²) in [6, 6.07) is 1.45. The Morgan fingerprint density at radius 3 is 2.92 bits per heavy atom. The van der Waals surface area contributed by atoms with Crippen molar-refractivity contribution < 1.29 is 9.63 Å². The molecule has 6 nitrogen and oxygen atoms in total. The number of hydroxylamine groups is 1. The number of nitrogens with zero attached hydrogens (tertiary/aromatic N) is 1. The zero-order valence-electron chi connectivity index (χ0n) is 7.25. The van der Waals surface area contributed by atoms with Gasteiger partial charge in [-0.2, -0.15) is 4.98 Å². The van der Waals surface area contributed by atoms with E-state index < -0.39 is 11.6 Å². The van der Waals surface area contributed by atoms with Gasteiger partial charge in [0.15, 0.2) is 0 Å². The van der Waals surface area contributed by atoms with E-state index in [0.29, 0.717) is 5.69 Å². The summed E-state index contributed by atoms with van der Waals surface area (Å²) in [4.78, 5) is 32.2. The van der Waals surface area contributed by atoms with Crippen LogP contribution in [-0.4, -0.2) is 23.0 Å². The third-order valence-electron chi connectivity index (χ3n) is 1.31. The predicted octanol–water partition coefficient (Wildman–Crippen LogP) is -0.630. The number of amides is 1. The maximum atomic E-state index is 11.1. The van der Waals surface area contributed by atoms with Gasteiger partial charge in [-0.05, 0) is 13.0 Å². The van der Waals surface area contributed by atoms with Crippen LogP contribution in [0.25, 0.3) is 0 Å². The molecule has 0 unspecified atom stereocenters. The van der Waals surface area contributed by atoms with Crippen LogP contribution < -0.4 is 11.2 Å². The highest BCUT2D eigenvalue weighted by Crippen LogP contribution is 1.93. The van der Waals surface area contributed by atoms with E-state index in [-0.39, 0.29) is 5.69 Å². The Hall–Kier alpha value is -1.69. The van der Waals surface area contributed by atoms with Crippen LogP contribution in [0.1, 0.15) is 16.2 Å². The molecule has 0 radical (unpaired) electrons. The highest BCUT2D eigenvalue weighted by molar-refractivity contribution is 5.91. The van der Waals surface area contributed by atoms with Crippen LogP contribution in [0.5, 0.6) is 0 Å². The molecule has 0 aliphatic rings. The van der Waals surface area contributed by atoms with Gasteiger partial charge in [-0.1, -0.05) is 0 Å². The molecule has 0 aliphatic carbocycles. The number of aromatic nitrogens is 2. The van der Waals surface area contributed by atoms with Crippen molar-refractivity contribution in [2.75, 3.05) is 7.11 Å². The molecule has 1 aromatic heterocycles. The molecule has 0 fully saturated rings. The van der Waals surface area contributed by atoms with Crippen molar-refractivity contribution in [1.82, 2.24) is 15.4 Å². The van der Waals surface area contributed by atoms with E-state index in [2.05, 4.69) is 20.3 Å². The second-order valence-electron chi connectivity index (χ2n) is 2.39. The van der Waals surface area contributed by atoms with E-state index in [9.17, 15) is 9.59 Å². The number of H-pyrrole nitrogens is 1. The summed E-state index contributed by atoms with van der Waals surface area (Å²) in [6.07, 6.45) is 0. The topological polar surface area (TPSA) is 84.1 Å². The molecule has 0 saturated heterocycles. The Balaban J connectivity index is 3.01. The Bertz CT molecular complexity index is 371. The number of nitrogens with one attached hydrogen (secondary N) is 2. The standard InChI is InChI=1S/C7H9N3O3/c1-4-3-5(6(11)10-13-2)9-7(12)8-4/h3H,1-2H3,(H,10,11)(H,8,9,12). The molecule has 1 rings (SSSR count). The minimum atomic E-state index is -0.554. The van der Waals surface area contributed by atoms with Crippen molar-refractivity contribution in [3.63, 3.8) is 0 Å². The van der Waals surface area contributed by atoms with E-state index >= 15 is 0 Å². The lowest BCUT2D eigenvalue weighted by Crippen LogP contribution is -2.26. The van der Waals surface area contributed by atoms with E-state index in [1.807, 2.05) is 0 Å². The molecule has 0 spiro atoms. The van der Waals surface area contributed by atoms with E-state index in [4.69, 9.17) is 0 Å². The summed E-state index contributed by atoms with van der Waals surface area (Å²) in [6.45, 7) is 1.66. The van der Waals surface area contributed by atoms with Gasteiger partial charge in [0.2, 0.25) is 0 Å². The maximum Gasteiger partial charge on any atom is 0.345 e. The van der Waals surface area contributed by atoms with Crippen molar-refractivity contribution in [1.29, 1.82) is 0 Å². The number of hydrogen-bond donors (Lipinski definition) is 2. The average molecular weight is 183 g/mol. The van der Waals surface area contributed by atoms with Crippen LogP contribution in [0.4, 0.5) is 0 Å². The molecule has 1 amide bonds. The lowest BCUT2D eigenvalue weighted by Gasteiger charge is -2.00. The lowest BCUT2D eigenvalue weighted by molar-refractivity contribution is 0.0532. The van der Waals surface area contributed by atoms with Gasteiger partial charge >= 0.3 is 5.69 Å². The number of carbonyl (C=O) groups excluding carboxylic acids is 1. The summed E-state index contributed by atoms with van der Waals surface area (Å²) in [5.41, 5.74) is 2.11. The van der Waals surface area contributed by atoms with Gasteiger partial charge in [-0.15, -0.1) is 0 Å². The lowest BCUT2D eigenvalue weighted by atomic mass is 10.3. The molecular formula is C7H9N3O3. The molecule has 70 valence electrons. The van der Waals surface area contributed by atoms with E-state index in [1.54, 1.807) is 6.92 Å². The number of aromatic amines is 1. The van der Waals surface area contributed by atoms with Gasteiger partial charge in [0.1, 0.15) is 5.69 Å². The van der Waals surface area contributed by atoms with Crippen LogP contribution in [0.3, 0.4) is 0 Å². The first-order valence-corrected chi connectivity index (χ1v) is 3.55. The minimum absolute atomic E-state index is 0.0306. The first kappa shape index (κ1) is 9.40. The SMILES string of the molecule is CONC(=O)c1cc(C)[nH]c(=O)n1.